The van der Waals surface area contributed by atoms with Gasteiger partial charge in [0.05, 0.1) is 6.20 Å². The zero-order valence-corrected chi connectivity index (χ0v) is 12.5. The predicted molar refractivity (Wildman–Crippen MR) is 79.1 cm³/mol. The molecule has 0 aromatic carbocycles. The van der Waals surface area contributed by atoms with E-state index in [0.29, 0.717) is 17.3 Å². The van der Waals surface area contributed by atoms with Crippen molar-refractivity contribution in [2.45, 2.75) is 57.9 Å². The summed E-state index contributed by atoms with van der Waals surface area (Å²) in [5, 5.41) is 3.63. The van der Waals surface area contributed by atoms with E-state index in [9.17, 15) is 4.39 Å². The molecule has 1 aromatic heterocycles. The molecule has 0 radical (unpaired) electrons. The minimum Gasteiger partial charge on any atom is -0.314 e. The Bertz CT molecular complexity index is 466. The van der Waals surface area contributed by atoms with E-state index in [1.54, 1.807) is 6.20 Å². The van der Waals surface area contributed by atoms with Crippen LogP contribution < -0.4 is 5.32 Å². The predicted octanol–water partition coefficient (Wildman–Crippen LogP) is 3.88. The molecule has 0 amide bonds. The van der Waals surface area contributed by atoms with Crippen molar-refractivity contribution in [2.24, 2.45) is 11.3 Å². The van der Waals surface area contributed by atoms with Gasteiger partial charge in [0, 0.05) is 12.2 Å². The molecule has 2 unspecified atom stereocenters. The van der Waals surface area contributed by atoms with Crippen molar-refractivity contribution >= 4 is 0 Å². The topological polar surface area (TPSA) is 24.9 Å². The third-order valence-electron chi connectivity index (χ3n) is 4.98. The van der Waals surface area contributed by atoms with Gasteiger partial charge in [-0.1, -0.05) is 13.8 Å². The monoisotopic (exact) mass is 276 g/mol. The molecule has 1 N–H and O–H groups in total. The van der Waals surface area contributed by atoms with E-state index in [2.05, 4.69) is 24.1 Å². The van der Waals surface area contributed by atoms with Crippen LogP contribution in [-0.4, -0.2) is 17.6 Å². The van der Waals surface area contributed by atoms with Gasteiger partial charge in [-0.2, -0.15) is 0 Å². The molecule has 0 aliphatic heterocycles. The van der Waals surface area contributed by atoms with E-state index in [1.165, 1.54) is 31.9 Å². The van der Waals surface area contributed by atoms with E-state index in [0.717, 1.165) is 24.6 Å². The van der Waals surface area contributed by atoms with Crippen molar-refractivity contribution in [2.75, 3.05) is 6.54 Å². The minimum absolute atomic E-state index is 0.133. The van der Waals surface area contributed by atoms with Gasteiger partial charge in [0.15, 0.2) is 0 Å². The number of nitrogens with zero attached hydrogens (tertiary/aromatic N) is 1. The van der Waals surface area contributed by atoms with Crippen molar-refractivity contribution in [3.63, 3.8) is 0 Å². The van der Waals surface area contributed by atoms with Crippen LogP contribution in [0.25, 0.3) is 0 Å². The Morgan fingerprint density at radius 1 is 1.35 bits per heavy atom. The Labute approximate surface area is 121 Å². The summed E-state index contributed by atoms with van der Waals surface area (Å²) in [6.07, 6.45) is 9.23. The van der Waals surface area contributed by atoms with Crippen molar-refractivity contribution in [3.05, 3.63) is 29.8 Å². The highest BCUT2D eigenvalue weighted by Gasteiger charge is 2.37. The van der Waals surface area contributed by atoms with Gasteiger partial charge in [-0.05, 0) is 67.5 Å². The molecule has 2 nitrogen and oxygen atoms in total. The lowest BCUT2D eigenvalue weighted by molar-refractivity contribution is 0.157. The molecule has 1 heterocycles. The second-order valence-electron chi connectivity index (χ2n) is 7.35. The number of hydrogen-bond donors (Lipinski definition) is 1. The van der Waals surface area contributed by atoms with Crippen molar-refractivity contribution < 1.29 is 4.39 Å². The van der Waals surface area contributed by atoms with Gasteiger partial charge in [0.25, 0.3) is 0 Å². The summed E-state index contributed by atoms with van der Waals surface area (Å²) in [5.74, 6) is 0.750. The molecule has 2 atom stereocenters. The Morgan fingerprint density at radius 3 is 2.85 bits per heavy atom. The number of rotatable bonds is 4. The first-order chi connectivity index (χ1) is 9.55. The molecule has 2 aliphatic rings. The summed E-state index contributed by atoms with van der Waals surface area (Å²) in [7, 11) is 0. The van der Waals surface area contributed by atoms with Crippen LogP contribution in [0, 0.1) is 17.2 Å². The number of hydrogen-bond acceptors (Lipinski definition) is 2. The minimum atomic E-state index is -0.133. The maximum Gasteiger partial charge on any atom is 0.144 e. The van der Waals surface area contributed by atoms with Crippen LogP contribution in [0.5, 0.6) is 0 Å². The summed E-state index contributed by atoms with van der Waals surface area (Å²) in [5.41, 5.74) is 1.19. The molecular formula is C17H25FN2. The second-order valence-corrected chi connectivity index (χ2v) is 7.35. The van der Waals surface area contributed by atoms with E-state index in [1.807, 2.05) is 6.07 Å². The molecule has 20 heavy (non-hydrogen) atoms. The lowest BCUT2D eigenvalue weighted by Gasteiger charge is -2.41. The summed E-state index contributed by atoms with van der Waals surface area (Å²) >= 11 is 0. The van der Waals surface area contributed by atoms with Crippen LogP contribution >= 0.6 is 0 Å². The van der Waals surface area contributed by atoms with E-state index in [4.69, 9.17) is 0 Å². The van der Waals surface area contributed by atoms with Gasteiger partial charge < -0.3 is 5.32 Å². The number of pyridine rings is 1. The first kappa shape index (κ1) is 14.0. The van der Waals surface area contributed by atoms with Crippen molar-refractivity contribution in [3.8, 4) is 0 Å². The molecular weight excluding hydrogens is 251 g/mol. The first-order valence-electron chi connectivity index (χ1n) is 7.88. The summed E-state index contributed by atoms with van der Waals surface area (Å²) in [6.45, 7) is 5.65. The number of nitrogens with one attached hydrogen (secondary N) is 1. The Morgan fingerprint density at radius 2 is 2.15 bits per heavy atom. The molecule has 2 aliphatic carbocycles. The van der Waals surface area contributed by atoms with Crippen LogP contribution in [0.15, 0.2) is 18.5 Å². The van der Waals surface area contributed by atoms with Gasteiger partial charge in [-0.15, -0.1) is 0 Å². The average Bonchev–Trinajstić information content (AvgIpc) is 3.21. The molecule has 3 rings (SSSR count). The average molecular weight is 276 g/mol. The molecule has 0 spiro atoms. The molecule has 110 valence electrons. The molecule has 0 saturated heterocycles. The molecule has 1 aromatic rings. The molecule has 0 bridgehead atoms. The quantitative estimate of drug-likeness (QED) is 0.902. The first-order valence-corrected chi connectivity index (χ1v) is 7.88. The Kier molecular flexibility index (Phi) is 3.80. The maximum atomic E-state index is 14.1. The summed E-state index contributed by atoms with van der Waals surface area (Å²) in [4.78, 5) is 3.89. The molecule has 2 fully saturated rings. The van der Waals surface area contributed by atoms with Gasteiger partial charge in [0.2, 0.25) is 0 Å². The lowest BCUT2D eigenvalue weighted by Crippen LogP contribution is -2.35. The van der Waals surface area contributed by atoms with Crippen LogP contribution in [-0.2, 0) is 0 Å². The molecule has 2 saturated carbocycles. The van der Waals surface area contributed by atoms with Crippen LogP contribution in [0.3, 0.4) is 0 Å². The van der Waals surface area contributed by atoms with Crippen molar-refractivity contribution in [1.29, 1.82) is 0 Å². The zero-order chi connectivity index (χ0) is 14.2. The molecule has 3 heteroatoms. The second kappa shape index (κ2) is 5.44. The van der Waals surface area contributed by atoms with Gasteiger partial charge >= 0.3 is 0 Å². The smallest absolute Gasteiger partial charge is 0.144 e. The maximum absolute atomic E-state index is 14.1. The van der Waals surface area contributed by atoms with E-state index >= 15 is 0 Å². The van der Waals surface area contributed by atoms with Gasteiger partial charge in [-0.3, -0.25) is 4.98 Å². The van der Waals surface area contributed by atoms with Crippen LogP contribution in [0.1, 0.15) is 57.4 Å². The Balaban J connectivity index is 1.78. The third-order valence-corrected chi connectivity index (χ3v) is 4.98. The standard InChI is InChI=1S/C17H25FN2/c1-17(2)7-5-12(10-20-13-3-4-13)15(9-17)14-6-8-19-11-16(14)18/h6,8,11-13,15,20H,3-5,7,9-10H2,1-2H3. The third kappa shape index (κ3) is 3.20. The van der Waals surface area contributed by atoms with E-state index < -0.39 is 0 Å². The normalized spacial score (nSPS) is 29.4. The highest BCUT2D eigenvalue weighted by atomic mass is 19.1. The SMILES string of the molecule is CC1(C)CCC(CNC2CC2)C(c2ccncc2F)C1. The fraction of sp³-hybridized carbons (Fsp3) is 0.706. The summed E-state index contributed by atoms with van der Waals surface area (Å²) < 4.78 is 14.1. The van der Waals surface area contributed by atoms with Gasteiger partial charge in [-0.25, -0.2) is 4.39 Å². The lowest BCUT2D eigenvalue weighted by atomic mass is 9.65. The van der Waals surface area contributed by atoms with Crippen LogP contribution in [0.2, 0.25) is 0 Å². The van der Waals surface area contributed by atoms with Crippen molar-refractivity contribution in [1.82, 2.24) is 10.3 Å². The summed E-state index contributed by atoms with van der Waals surface area (Å²) in [6, 6.07) is 2.61. The Hall–Kier alpha value is -0.960. The highest BCUT2D eigenvalue weighted by Crippen LogP contribution is 2.47. The number of aromatic nitrogens is 1. The fourth-order valence-electron chi connectivity index (χ4n) is 3.54. The number of halogens is 1. The largest absolute Gasteiger partial charge is 0.314 e. The van der Waals surface area contributed by atoms with Gasteiger partial charge in [0.1, 0.15) is 5.82 Å². The highest BCUT2D eigenvalue weighted by molar-refractivity contribution is 5.21. The fourth-order valence-corrected chi connectivity index (χ4v) is 3.54. The van der Waals surface area contributed by atoms with E-state index in [-0.39, 0.29) is 5.82 Å². The van der Waals surface area contributed by atoms with Crippen LogP contribution in [0.4, 0.5) is 4.39 Å². The zero-order valence-electron chi connectivity index (χ0n) is 12.5.